The van der Waals surface area contributed by atoms with Crippen molar-refractivity contribution in [2.45, 2.75) is 25.8 Å². The van der Waals surface area contributed by atoms with Crippen molar-refractivity contribution in [3.8, 4) is 10.6 Å². The molecule has 20 heavy (non-hydrogen) atoms. The van der Waals surface area contributed by atoms with Crippen molar-refractivity contribution in [2.24, 2.45) is 5.92 Å². The molecule has 1 N–H and O–H groups in total. The Morgan fingerprint density at radius 1 is 1.50 bits per heavy atom. The standard InChI is InChI=1S/C15H20N2O2S/c18-7-5-12-3-1-6-17(10-12)11-13-9-14(19-16-13)15-4-2-8-20-15/h2,4,8-9,12,18H,1,3,5-7,10-11H2. The van der Waals surface area contributed by atoms with Gasteiger partial charge in [0.15, 0.2) is 5.76 Å². The van der Waals surface area contributed by atoms with E-state index in [-0.39, 0.29) is 0 Å². The summed E-state index contributed by atoms with van der Waals surface area (Å²) in [5.74, 6) is 1.48. The fourth-order valence-electron chi connectivity index (χ4n) is 2.86. The Morgan fingerprint density at radius 2 is 2.45 bits per heavy atom. The van der Waals surface area contributed by atoms with Gasteiger partial charge >= 0.3 is 0 Å². The van der Waals surface area contributed by atoms with Crippen LogP contribution >= 0.6 is 11.3 Å². The van der Waals surface area contributed by atoms with E-state index in [0.29, 0.717) is 12.5 Å². The number of nitrogens with zero attached hydrogens (tertiary/aromatic N) is 2. The van der Waals surface area contributed by atoms with Crippen molar-refractivity contribution in [2.75, 3.05) is 19.7 Å². The van der Waals surface area contributed by atoms with Crippen LogP contribution < -0.4 is 0 Å². The monoisotopic (exact) mass is 292 g/mol. The van der Waals surface area contributed by atoms with Gasteiger partial charge in [-0.1, -0.05) is 11.2 Å². The van der Waals surface area contributed by atoms with E-state index < -0.39 is 0 Å². The summed E-state index contributed by atoms with van der Waals surface area (Å²) in [6.45, 7) is 3.31. The molecule has 1 saturated heterocycles. The van der Waals surface area contributed by atoms with Crippen LogP contribution in [0.2, 0.25) is 0 Å². The summed E-state index contributed by atoms with van der Waals surface area (Å²) >= 11 is 1.67. The molecule has 3 heterocycles. The zero-order valence-electron chi connectivity index (χ0n) is 11.5. The molecule has 108 valence electrons. The molecule has 4 nitrogen and oxygen atoms in total. The molecule has 1 aliphatic rings. The van der Waals surface area contributed by atoms with Crippen LogP contribution in [0.25, 0.3) is 10.6 Å². The molecule has 5 heteroatoms. The molecule has 1 aliphatic heterocycles. The van der Waals surface area contributed by atoms with Gasteiger partial charge < -0.3 is 9.63 Å². The number of piperidine rings is 1. The fourth-order valence-corrected chi connectivity index (χ4v) is 3.54. The first-order valence-electron chi connectivity index (χ1n) is 7.18. The topological polar surface area (TPSA) is 49.5 Å². The average Bonchev–Trinajstić information content (AvgIpc) is 3.10. The van der Waals surface area contributed by atoms with E-state index in [0.717, 1.165) is 42.4 Å². The van der Waals surface area contributed by atoms with Gasteiger partial charge in [0.25, 0.3) is 0 Å². The maximum atomic E-state index is 9.06. The van der Waals surface area contributed by atoms with Gasteiger partial charge in [-0.15, -0.1) is 11.3 Å². The Morgan fingerprint density at radius 3 is 3.25 bits per heavy atom. The van der Waals surface area contributed by atoms with Crippen molar-refractivity contribution in [3.05, 3.63) is 29.3 Å². The van der Waals surface area contributed by atoms with E-state index in [4.69, 9.17) is 9.63 Å². The fraction of sp³-hybridized carbons (Fsp3) is 0.533. The Hall–Kier alpha value is -1.17. The average molecular weight is 292 g/mol. The molecule has 0 radical (unpaired) electrons. The summed E-state index contributed by atoms with van der Waals surface area (Å²) in [4.78, 5) is 3.54. The highest BCUT2D eigenvalue weighted by Gasteiger charge is 2.20. The number of hydrogen-bond donors (Lipinski definition) is 1. The van der Waals surface area contributed by atoms with Gasteiger partial charge in [0.2, 0.25) is 0 Å². The normalized spacial score (nSPS) is 20.4. The van der Waals surface area contributed by atoms with Crippen molar-refractivity contribution in [1.82, 2.24) is 10.1 Å². The first kappa shape index (κ1) is 13.8. The van der Waals surface area contributed by atoms with Crippen LogP contribution in [0.1, 0.15) is 25.0 Å². The van der Waals surface area contributed by atoms with Crippen LogP contribution in [0.15, 0.2) is 28.1 Å². The van der Waals surface area contributed by atoms with E-state index in [2.05, 4.69) is 10.1 Å². The van der Waals surface area contributed by atoms with Crippen LogP contribution in [0.3, 0.4) is 0 Å². The van der Waals surface area contributed by atoms with E-state index >= 15 is 0 Å². The summed E-state index contributed by atoms with van der Waals surface area (Å²) in [7, 11) is 0. The van der Waals surface area contributed by atoms with Crippen molar-refractivity contribution < 1.29 is 9.63 Å². The molecule has 0 bridgehead atoms. The van der Waals surface area contributed by atoms with Gasteiger partial charge in [0.05, 0.1) is 10.6 Å². The zero-order chi connectivity index (χ0) is 13.8. The van der Waals surface area contributed by atoms with E-state index in [1.54, 1.807) is 11.3 Å². The molecule has 0 amide bonds. The first-order chi connectivity index (χ1) is 9.85. The SMILES string of the molecule is OCCC1CCCN(Cc2cc(-c3cccs3)on2)C1. The third-order valence-corrected chi connectivity index (χ3v) is 4.73. The molecule has 2 aromatic heterocycles. The lowest BCUT2D eigenvalue weighted by Crippen LogP contribution is -2.35. The van der Waals surface area contributed by atoms with E-state index in [9.17, 15) is 0 Å². The van der Waals surface area contributed by atoms with Gasteiger partial charge in [-0.3, -0.25) is 4.90 Å². The maximum Gasteiger partial charge on any atom is 0.177 e. The number of hydrogen-bond acceptors (Lipinski definition) is 5. The van der Waals surface area contributed by atoms with Crippen molar-refractivity contribution in [1.29, 1.82) is 0 Å². The number of likely N-dealkylation sites (tertiary alicyclic amines) is 1. The third-order valence-electron chi connectivity index (χ3n) is 3.85. The third kappa shape index (κ3) is 3.29. The number of aliphatic hydroxyl groups is 1. The van der Waals surface area contributed by atoms with Gasteiger partial charge in [0, 0.05) is 25.8 Å². The number of aromatic nitrogens is 1. The molecule has 1 fully saturated rings. The Bertz CT molecular complexity index is 522. The predicted octanol–water partition coefficient (Wildman–Crippen LogP) is 3.00. The lowest BCUT2D eigenvalue weighted by Gasteiger charge is -2.31. The predicted molar refractivity (Wildman–Crippen MR) is 79.5 cm³/mol. The van der Waals surface area contributed by atoms with Gasteiger partial charge in [-0.25, -0.2) is 0 Å². The minimum Gasteiger partial charge on any atom is -0.396 e. The number of thiophene rings is 1. The molecule has 0 aliphatic carbocycles. The lowest BCUT2D eigenvalue weighted by atomic mass is 9.95. The number of aliphatic hydroxyl groups excluding tert-OH is 1. The summed E-state index contributed by atoms with van der Waals surface area (Å²) in [5.41, 5.74) is 0.998. The summed E-state index contributed by atoms with van der Waals surface area (Å²) in [5, 5.41) is 15.3. The molecule has 1 atom stereocenters. The second-order valence-electron chi connectivity index (χ2n) is 5.42. The molecule has 0 saturated carbocycles. The van der Waals surface area contributed by atoms with Crippen LogP contribution in [0.5, 0.6) is 0 Å². The summed E-state index contributed by atoms with van der Waals surface area (Å²) in [6, 6.07) is 6.11. The van der Waals surface area contributed by atoms with Gasteiger partial charge in [-0.05, 0) is 43.2 Å². The molecular weight excluding hydrogens is 272 g/mol. The second kappa shape index (κ2) is 6.52. The summed E-state index contributed by atoms with van der Waals surface area (Å²) in [6.07, 6.45) is 3.35. The minimum atomic E-state index is 0.297. The maximum absolute atomic E-state index is 9.06. The molecular formula is C15H20N2O2S. The van der Waals surface area contributed by atoms with Gasteiger partial charge in [0.1, 0.15) is 0 Å². The quantitative estimate of drug-likeness (QED) is 0.920. The Balaban J connectivity index is 1.60. The Kier molecular flexibility index (Phi) is 4.50. The smallest absolute Gasteiger partial charge is 0.177 e. The van der Waals surface area contributed by atoms with Crippen LogP contribution in [-0.2, 0) is 6.54 Å². The first-order valence-corrected chi connectivity index (χ1v) is 8.06. The van der Waals surface area contributed by atoms with Crippen LogP contribution in [-0.4, -0.2) is 34.9 Å². The molecule has 2 aromatic rings. The molecule has 1 unspecified atom stereocenters. The van der Waals surface area contributed by atoms with Crippen molar-refractivity contribution >= 4 is 11.3 Å². The molecule has 3 rings (SSSR count). The van der Waals surface area contributed by atoms with E-state index in [1.165, 1.54) is 12.8 Å². The van der Waals surface area contributed by atoms with Crippen LogP contribution in [0, 0.1) is 5.92 Å². The van der Waals surface area contributed by atoms with Crippen LogP contribution in [0.4, 0.5) is 0 Å². The highest BCUT2D eigenvalue weighted by atomic mass is 32.1. The largest absolute Gasteiger partial charge is 0.396 e. The number of rotatable bonds is 5. The minimum absolute atomic E-state index is 0.297. The van der Waals surface area contributed by atoms with Crippen molar-refractivity contribution in [3.63, 3.8) is 0 Å². The molecule has 0 aromatic carbocycles. The van der Waals surface area contributed by atoms with Gasteiger partial charge in [-0.2, -0.15) is 0 Å². The van der Waals surface area contributed by atoms with E-state index in [1.807, 2.05) is 23.6 Å². The zero-order valence-corrected chi connectivity index (χ0v) is 12.3. The Labute approximate surface area is 123 Å². The summed E-state index contributed by atoms with van der Waals surface area (Å²) < 4.78 is 5.42. The molecule has 0 spiro atoms. The second-order valence-corrected chi connectivity index (χ2v) is 6.36. The lowest BCUT2D eigenvalue weighted by molar-refractivity contribution is 0.140. The highest BCUT2D eigenvalue weighted by molar-refractivity contribution is 7.13. The highest BCUT2D eigenvalue weighted by Crippen LogP contribution is 2.26.